The summed E-state index contributed by atoms with van der Waals surface area (Å²) in [5.41, 5.74) is 6.94. The first-order valence-electron chi connectivity index (χ1n) is 9.32. The Bertz CT molecular complexity index is 512. The molecular formula is C19H33ClN2OSn. The third-order valence-electron chi connectivity index (χ3n) is 4.96. The van der Waals surface area contributed by atoms with Crippen LogP contribution in [0.1, 0.15) is 64.9 Å². The topological polar surface area (TPSA) is 58.6 Å². The van der Waals surface area contributed by atoms with Crippen LogP contribution in [0, 0.1) is 0 Å². The van der Waals surface area contributed by atoms with Crippen LogP contribution in [0.3, 0.4) is 0 Å². The van der Waals surface area contributed by atoms with Gasteiger partial charge in [0.2, 0.25) is 0 Å². The molecule has 0 atom stereocenters. The second-order valence-electron chi connectivity index (χ2n) is 6.77. The zero-order valence-corrected chi connectivity index (χ0v) is 19.1. The van der Waals surface area contributed by atoms with E-state index >= 15 is 0 Å². The van der Waals surface area contributed by atoms with Gasteiger partial charge in [-0.25, -0.2) is 0 Å². The van der Waals surface area contributed by atoms with Crippen LogP contribution in [-0.2, 0) is 0 Å². The number of benzene rings is 1. The Hall–Kier alpha value is -0.421. The molecule has 1 aromatic rings. The molecule has 0 aliphatic carbocycles. The van der Waals surface area contributed by atoms with Crippen LogP contribution in [0.15, 0.2) is 23.4 Å². The molecule has 136 valence electrons. The summed E-state index contributed by atoms with van der Waals surface area (Å²) in [4.78, 5) is 0. The summed E-state index contributed by atoms with van der Waals surface area (Å²) >= 11 is 3.70. The second-order valence-corrected chi connectivity index (χ2v) is 20.3. The first-order valence-corrected chi connectivity index (χ1v) is 17.2. The first-order chi connectivity index (χ1) is 11.5. The Morgan fingerprint density at radius 1 is 1.04 bits per heavy atom. The van der Waals surface area contributed by atoms with Crippen molar-refractivity contribution in [2.75, 3.05) is 0 Å². The SMILES string of the molecule is CCC[CH2][Sn]([CH2]CCC)([CH2]CCC)[c]1cc(Cl)ccc1C(N)=NO. The number of hydrogen-bond acceptors (Lipinski definition) is 2. The molecule has 0 aliphatic heterocycles. The molecule has 0 aliphatic rings. The summed E-state index contributed by atoms with van der Waals surface area (Å²) in [5.74, 6) is 0.229. The van der Waals surface area contributed by atoms with Crippen LogP contribution in [0.4, 0.5) is 0 Å². The predicted octanol–water partition coefficient (Wildman–Crippen LogP) is 5.49. The molecule has 24 heavy (non-hydrogen) atoms. The van der Waals surface area contributed by atoms with E-state index in [1.165, 1.54) is 55.4 Å². The van der Waals surface area contributed by atoms with Crippen molar-refractivity contribution < 1.29 is 5.21 Å². The number of hydrogen-bond donors (Lipinski definition) is 2. The maximum absolute atomic E-state index is 9.23. The van der Waals surface area contributed by atoms with E-state index in [9.17, 15) is 5.21 Å². The van der Waals surface area contributed by atoms with E-state index in [2.05, 4.69) is 32.0 Å². The van der Waals surface area contributed by atoms with E-state index in [0.717, 1.165) is 10.6 Å². The fourth-order valence-electron chi connectivity index (χ4n) is 3.56. The first kappa shape index (κ1) is 21.6. The average molecular weight is 460 g/mol. The molecule has 0 heterocycles. The number of rotatable bonds is 11. The van der Waals surface area contributed by atoms with Crippen LogP contribution in [0.5, 0.6) is 0 Å². The molecule has 0 aromatic heterocycles. The number of amidine groups is 1. The van der Waals surface area contributed by atoms with E-state index < -0.39 is 18.4 Å². The van der Waals surface area contributed by atoms with Crippen LogP contribution in [0.2, 0.25) is 18.3 Å². The quantitative estimate of drug-likeness (QED) is 0.151. The van der Waals surface area contributed by atoms with Crippen LogP contribution >= 0.6 is 11.6 Å². The van der Waals surface area contributed by atoms with E-state index in [0.29, 0.717) is 0 Å². The van der Waals surface area contributed by atoms with Gasteiger partial charge in [-0.2, -0.15) is 0 Å². The molecule has 0 saturated carbocycles. The zero-order chi connectivity index (χ0) is 18.0. The third kappa shape index (κ3) is 5.83. The molecule has 0 amide bonds. The Morgan fingerprint density at radius 3 is 1.96 bits per heavy atom. The summed E-state index contributed by atoms with van der Waals surface area (Å²) in [6, 6.07) is 5.93. The fourth-order valence-corrected chi connectivity index (χ4v) is 20.8. The van der Waals surface area contributed by atoms with Crippen LogP contribution in [0.25, 0.3) is 0 Å². The minimum absolute atomic E-state index is 0.229. The normalized spacial score (nSPS) is 12.6. The van der Waals surface area contributed by atoms with E-state index in [4.69, 9.17) is 17.3 Å². The van der Waals surface area contributed by atoms with E-state index in [1.807, 2.05) is 12.1 Å². The van der Waals surface area contributed by atoms with Gasteiger partial charge in [0, 0.05) is 0 Å². The number of oxime groups is 1. The van der Waals surface area contributed by atoms with Crippen molar-refractivity contribution in [2.45, 2.75) is 72.6 Å². The molecule has 1 rings (SSSR count). The summed E-state index contributed by atoms with van der Waals surface area (Å²) in [5, 5.41) is 13.3. The summed E-state index contributed by atoms with van der Waals surface area (Å²) in [6.45, 7) is 6.79. The fraction of sp³-hybridized carbons (Fsp3) is 0.632. The van der Waals surface area contributed by atoms with Crippen molar-refractivity contribution in [3.05, 3.63) is 28.8 Å². The van der Waals surface area contributed by atoms with Crippen molar-refractivity contribution >= 4 is 39.4 Å². The van der Waals surface area contributed by atoms with Crippen molar-refractivity contribution in [2.24, 2.45) is 10.9 Å². The monoisotopic (exact) mass is 460 g/mol. The van der Waals surface area contributed by atoms with Gasteiger partial charge in [0.05, 0.1) is 0 Å². The molecule has 3 N–H and O–H groups in total. The van der Waals surface area contributed by atoms with Gasteiger partial charge in [0.15, 0.2) is 0 Å². The summed E-state index contributed by atoms with van der Waals surface area (Å²) < 4.78 is 5.36. The Balaban J connectivity index is 3.46. The van der Waals surface area contributed by atoms with E-state index in [-0.39, 0.29) is 5.84 Å². The Labute approximate surface area is 156 Å². The molecule has 0 unspecified atom stereocenters. The number of halogens is 1. The maximum atomic E-state index is 9.23. The van der Waals surface area contributed by atoms with Crippen molar-refractivity contribution in [1.29, 1.82) is 0 Å². The van der Waals surface area contributed by atoms with E-state index in [1.54, 1.807) is 0 Å². The minimum atomic E-state index is -2.67. The predicted molar refractivity (Wildman–Crippen MR) is 108 cm³/mol. The Kier molecular flexibility index (Phi) is 10.1. The molecule has 5 heteroatoms. The van der Waals surface area contributed by atoms with Gasteiger partial charge < -0.3 is 0 Å². The second kappa shape index (κ2) is 11.2. The van der Waals surface area contributed by atoms with Crippen molar-refractivity contribution in [1.82, 2.24) is 0 Å². The molecule has 1 aromatic carbocycles. The summed E-state index contributed by atoms with van der Waals surface area (Å²) in [7, 11) is 0. The number of unbranched alkanes of at least 4 members (excludes halogenated alkanes) is 3. The molecule has 0 spiro atoms. The molecule has 0 fully saturated rings. The van der Waals surface area contributed by atoms with Gasteiger partial charge in [-0.3, -0.25) is 0 Å². The molecule has 0 bridgehead atoms. The standard InChI is InChI=1S/C7H6ClN2O.3C4H9.Sn/c8-6-3-1-5(2-4-6)7(9)10-11;3*1-3-4-2;/h1,3-4,11H,(H2,9,10);3*1,3-4H2,2H3;. The van der Waals surface area contributed by atoms with Crippen molar-refractivity contribution in [3.8, 4) is 0 Å². The zero-order valence-electron chi connectivity index (χ0n) is 15.4. The van der Waals surface area contributed by atoms with Gasteiger partial charge in [-0.05, 0) is 0 Å². The molecule has 0 saturated heterocycles. The van der Waals surface area contributed by atoms with Gasteiger partial charge >= 0.3 is 157 Å². The van der Waals surface area contributed by atoms with Crippen LogP contribution < -0.4 is 9.31 Å². The van der Waals surface area contributed by atoms with Crippen molar-refractivity contribution in [3.63, 3.8) is 0 Å². The number of nitrogens with zero attached hydrogens (tertiary/aromatic N) is 1. The Morgan fingerprint density at radius 2 is 1.54 bits per heavy atom. The molecule has 3 nitrogen and oxygen atoms in total. The van der Waals surface area contributed by atoms with Crippen LogP contribution in [-0.4, -0.2) is 29.4 Å². The summed E-state index contributed by atoms with van der Waals surface area (Å²) in [6.07, 6.45) is 7.46. The number of nitrogens with two attached hydrogens (primary N) is 1. The third-order valence-corrected chi connectivity index (χ3v) is 20.9. The van der Waals surface area contributed by atoms with Gasteiger partial charge in [0.25, 0.3) is 0 Å². The van der Waals surface area contributed by atoms with Gasteiger partial charge in [-0.15, -0.1) is 0 Å². The molecule has 0 radical (unpaired) electrons. The average Bonchev–Trinajstić information content (AvgIpc) is 2.60. The van der Waals surface area contributed by atoms with Gasteiger partial charge in [0.1, 0.15) is 0 Å². The molecular weight excluding hydrogens is 426 g/mol. The van der Waals surface area contributed by atoms with Gasteiger partial charge in [-0.1, -0.05) is 0 Å².